The quantitative estimate of drug-likeness (QED) is 0.528. The van der Waals surface area contributed by atoms with Crippen LogP contribution in [0.5, 0.6) is 0 Å². The van der Waals surface area contributed by atoms with Crippen molar-refractivity contribution >= 4 is 28.5 Å². The van der Waals surface area contributed by atoms with E-state index in [-0.39, 0.29) is 11.1 Å². The van der Waals surface area contributed by atoms with E-state index in [0.29, 0.717) is 10.4 Å². The molecular weight excluding hydrogens is 272 g/mol. The van der Waals surface area contributed by atoms with E-state index in [1.807, 2.05) is 0 Å². The number of non-ortho nitro benzene ring substituents is 1. The van der Waals surface area contributed by atoms with Gasteiger partial charge in [0.05, 0.1) is 26.4 Å². The summed E-state index contributed by atoms with van der Waals surface area (Å²) in [5, 5.41) is 23.5. The monoisotopic (exact) mass is 276 g/mol. The van der Waals surface area contributed by atoms with Gasteiger partial charge in [0.2, 0.25) is 0 Å². The molecule has 0 N–H and O–H groups in total. The second-order valence-electron chi connectivity index (χ2n) is 3.89. The van der Waals surface area contributed by atoms with Crippen molar-refractivity contribution < 1.29 is 14.6 Å². The molecule has 0 atom stereocenters. The molecule has 0 fully saturated rings. The third-order valence-corrected chi connectivity index (χ3v) is 3.82. The van der Waals surface area contributed by atoms with Crippen molar-refractivity contribution in [1.82, 2.24) is 0 Å². The zero-order chi connectivity index (χ0) is 13.7. The van der Waals surface area contributed by atoms with Gasteiger partial charge in [0, 0.05) is 17.2 Å². The van der Waals surface area contributed by atoms with E-state index in [2.05, 4.69) is 0 Å². The van der Waals surface area contributed by atoms with Crippen molar-refractivity contribution in [1.29, 1.82) is 0 Å². The van der Waals surface area contributed by atoms with Gasteiger partial charge >= 0.3 is 0 Å². The lowest BCUT2D eigenvalue weighted by Crippen LogP contribution is -1.99. The van der Waals surface area contributed by atoms with Crippen LogP contribution in [0.4, 0.5) is 11.4 Å². The number of nitro benzene ring substituents is 2. The summed E-state index contributed by atoms with van der Waals surface area (Å²) < 4.78 is 0. The average molecular weight is 276 g/mol. The van der Waals surface area contributed by atoms with Gasteiger partial charge < -0.3 is 0 Å². The summed E-state index contributed by atoms with van der Waals surface area (Å²) >= 11 is 1.21. The summed E-state index contributed by atoms with van der Waals surface area (Å²) in [5.74, 6) is -0.405. The molecule has 8 heteroatoms. The van der Waals surface area contributed by atoms with Gasteiger partial charge in [0.25, 0.3) is 11.4 Å². The number of nitrogens with zero attached hydrogens (tertiary/aromatic N) is 2. The van der Waals surface area contributed by atoms with Gasteiger partial charge in [-0.15, -0.1) is 11.3 Å². The molecule has 0 saturated heterocycles. The molecule has 0 amide bonds. The first-order valence-corrected chi connectivity index (χ1v) is 5.98. The Morgan fingerprint density at radius 1 is 1.05 bits per heavy atom. The van der Waals surface area contributed by atoms with Crippen molar-refractivity contribution in [2.45, 2.75) is 0 Å². The Hall–Kier alpha value is -2.61. The van der Waals surface area contributed by atoms with Crippen LogP contribution in [0, 0.1) is 20.2 Å². The molecule has 7 nitrogen and oxygen atoms in total. The fourth-order valence-corrected chi connectivity index (χ4v) is 3.07. The van der Waals surface area contributed by atoms with Crippen LogP contribution < -0.4 is 0 Å². The van der Waals surface area contributed by atoms with Crippen LogP contribution in [0.15, 0.2) is 23.6 Å². The van der Waals surface area contributed by atoms with E-state index < -0.39 is 27.0 Å². The maximum atomic E-state index is 12.1. The van der Waals surface area contributed by atoms with Gasteiger partial charge in [0.15, 0.2) is 5.78 Å². The van der Waals surface area contributed by atoms with Gasteiger partial charge in [-0.2, -0.15) is 0 Å². The Kier molecular flexibility index (Phi) is 2.23. The largest absolute Gasteiger partial charge is 0.289 e. The van der Waals surface area contributed by atoms with Crippen molar-refractivity contribution in [2.24, 2.45) is 0 Å². The molecule has 0 saturated carbocycles. The third kappa shape index (κ3) is 1.47. The van der Waals surface area contributed by atoms with Crippen LogP contribution in [0.1, 0.15) is 15.9 Å². The topological polar surface area (TPSA) is 103 Å². The zero-order valence-corrected chi connectivity index (χ0v) is 9.97. The van der Waals surface area contributed by atoms with E-state index in [1.165, 1.54) is 11.3 Å². The van der Waals surface area contributed by atoms with Gasteiger partial charge in [-0.3, -0.25) is 25.0 Å². The van der Waals surface area contributed by atoms with E-state index in [4.69, 9.17) is 0 Å². The molecule has 0 aliphatic heterocycles. The maximum Gasteiger partial charge on any atom is 0.285 e. The average Bonchev–Trinajstić information content (AvgIpc) is 2.92. The molecule has 1 aromatic heterocycles. The Balaban J connectivity index is 2.40. The van der Waals surface area contributed by atoms with Gasteiger partial charge in [0.1, 0.15) is 0 Å². The minimum absolute atomic E-state index is 0.0303. The zero-order valence-electron chi connectivity index (χ0n) is 9.15. The molecule has 2 aromatic rings. The smallest absolute Gasteiger partial charge is 0.285 e. The molecule has 19 heavy (non-hydrogen) atoms. The molecule has 1 aliphatic carbocycles. The van der Waals surface area contributed by atoms with Crippen LogP contribution in [0.2, 0.25) is 0 Å². The third-order valence-electron chi connectivity index (χ3n) is 2.89. The number of thiophene rings is 1. The molecule has 0 bridgehead atoms. The normalized spacial score (nSPS) is 12.1. The first kappa shape index (κ1) is 11.5. The molecule has 0 radical (unpaired) electrons. The maximum absolute atomic E-state index is 12.1. The lowest BCUT2D eigenvalue weighted by atomic mass is 10.1. The first-order valence-electron chi connectivity index (χ1n) is 5.10. The number of hydrogen-bond donors (Lipinski definition) is 0. The van der Waals surface area contributed by atoms with Crippen LogP contribution in [-0.4, -0.2) is 15.6 Å². The van der Waals surface area contributed by atoms with Crippen LogP contribution in [-0.2, 0) is 0 Å². The molecule has 94 valence electrons. The number of carbonyl (C=O) groups is 1. The van der Waals surface area contributed by atoms with E-state index >= 15 is 0 Å². The number of ketones is 1. The molecule has 1 aromatic carbocycles. The highest BCUT2D eigenvalue weighted by molar-refractivity contribution is 7.14. The van der Waals surface area contributed by atoms with E-state index in [9.17, 15) is 25.0 Å². The lowest BCUT2D eigenvalue weighted by Gasteiger charge is -2.00. The van der Waals surface area contributed by atoms with Crippen molar-refractivity contribution in [3.63, 3.8) is 0 Å². The van der Waals surface area contributed by atoms with E-state index in [0.717, 1.165) is 12.1 Å². The first-order chi connectivity index (χ1) is 9.00. The molecule has 1 aliphatic rings. The number of hydrogen-bond acceptors (Lipinski definition) is 6. The van der Waals surface area contributed by atoms with Gasteiger partial charge in [-0.1, -0.05) is 0 Å². The van der Waals surface area contributed by atoms with Crippen molar-refractivity contribution in [2.75, 3.05) is 0 Å². The molecule has 1 heterocycles. The van der Waals surface area contributed by atoms with Crippen LogP contribution in [0.3, 0.4) is 0 Å². The Bertz CT molecular complexity index is 764. The number of benzene rings is 1. The highest BCUT2D eigenvalue weighted by Gasteiger charge is 2.36. The number of fused-ring (bicyclic) bond motifs is 3. The second kappa shape index (κ2) is 3.69. The highest BCUT2D eigenvalue weighted by Crippen LogP contribution is 2.46. The summed E-state index contributed by atoms with van der Waals surface area (Å²) in [6.07, 6.45) is 0. The summed E-state index contributed by atoms with van der Waals surface area (Å²) in [6.45, 7) is 0. The predicted octanol–water partition coefficient (Wildman–Crippen LogP) is 2.78. The SMILES string of the molecule is O=C1c2ccsc2-c2c1cc([N+](=O)[O-])cc2[N+](=O)[O-]. The second-order valence-corrected chi connectivity index (χ2v) is 4.81. The van der Waals surface area contributed by atoms with Crippen molar-refractivity contribution in [3.05, 3.63) is 54.9 Å². The summed E-state index contributed by atoms with van der Waals surface area (Å²) in [5.41, 5.74) is -0.273. The predicted molar refractivity (Wildman–Crippen MR) is 66.5 cm³/mol. The van der Waals surface area contributed by atoms with Gasteiger partial charge in [-0.25, -0.2) is 0 Å². The summed E-state index contributed by atoms with van der Waals surface area (Å²) in [6, 6.07) is 3.55. The Labute approximate surface area is 109 Å². The number of nitro groups is 2. The van der Waals surface area contributed by atoms with Gasteiger partial charge in [-0.05, 0) is 11.4 Å². The minimum Gasteiger partial charge on any atom is -0.289 e. The summed E-state index contributed by atoms with van der Waals surface area (Å²) in [4.78, 5) is 32.9. The van der Waals surface area contributed by atoms with Crippen LogP contribution >= 0.6 is 11.3 Å². The van der Waals surface area contributed by atoms with E-state index in [1.54, 1.807) is 11.4 Å². The fourth-order valence-electron chi connectivity index (χ4n) is 2.11. The van der Waals surface area contributed by atoms with Crippen LogP contribution in [0.25, 0.3) is 10.4 Å². The minimum atomic E-state index is -0.743. The standard InChI is InChI=1S/C11H4N2O5S/c14-10-6-1-2-19-11(6)9-7(10)3-5(12(15)16)4-8(9)13(17)18/h1-4H. The number of rotatable bonds is 2. The Morgan fingerprint density at radius 2 is 1.79 bits per heavy atom. The lowest BCUT2D eigenvalue weighted by molar-refractivity contribution is -0.393. The number of carbonyl (C=O) groups excluding carboxylic acids is 1. The summed E-state index contributed by atoms with van der Waals surface area (Å²) in [7, 11) is 0. The Morgan fingerprint density at radius 3 is 2.42 bits per heavy atom. The van der Waals surface area contributed by atoms with Crippen molar-refractivity contribution in [3.8, 4) is 10.4 Å². The highest BCUT2D eigenvalue weighted by atomic mass is 32.1. The molecular formula is C11H4N2O5S. The molecule has 3 rings (SSSR count). The molecule has 0 spiro atoms. The fraction of sp³-hybridized carbons (Fsp3) is 0. The molecule has 0 unspecified atom stereocenters.